The number of alkyl halides is 3. The van der Waals surface area contributed by atoms with Crippen LogP contribution in [-0.4, -0.2) is 39.0 Å². The van der Waals surface area contributed by atoms with E-state index in [-0.39, 0.29) is 16.8 Å². The Morgan fingerprint density at radius 2 is 0.650 bits per heavy atom. The van der Waals surface area contributed by atoms with E-state index in [1.54, 1.807) is 18.2 Å². The summed E-state index contributed by atoms with van der Waals surface area (Å²) in [5.41, 5.74) is 8.39. The molecule has 80 heavy (non-hydrogen) atoms. The Balaban J connectivity index is 1.02. The van der Waals surface area contributed by atoms with E-state index >= 15 is 13.2 Å². The van der Waals surface area contributed by atoms with Crippen LogP contribution in [0.15, 0.2) is 243 Å². The zero-order valence-corrected chi connectivity index (χ0v) is 42.3. The highest BCUT2D eigenvalue weighted by atomic mass is 19.4. The second-order valence-corrected chi connectivity index (χ2v) is 19.3. The molecule has 0 saturated heterocycles. The summed E-state index contributed by atoms with van der Waals surface area (Å²) in [6, 6.07) is 76.2. The van der Waals surface area contributed by atoms with Crippen LogP contribution in [0.2, 0.25) is 0 Å². The molecule has 0 N–H and O–H groups in total. The van der Waals surface area contributed by atoms with Crippen LogP contribution in [0.3, 0.4) is 0 Å². The third-order valence-corrected chi connectivity index (χ3v) is 14.5. The maximum atomic E-state index is 15.1. The lowest BCUT2D eigenvalue weighted by Gasteiger charge is -2.21. The van der Waals surface area contributed by atoms with Gasteiger partial charge < -0.3 is 9.13 Å². The summed E-state index contributed by atoms with van der Waals surface area (Å²) in [5.74, 6) is 3.05. The fourth-order valence-electron chi connectivity index (χ4n) is 10.8. The minimum atomic E-state index is -4.71. The summed E-state index contributed by atoms with van der Waals surface area (Å²) in [4.78, 5) is 34.0. The van der Waals surface area contributed by atoms with Gasteiger partial charge in [-0.1, -0.05) is 176 Å². The van der Waals surface area contributed by atoms with E-state index in [0.717, 1.165) is 83.1 Å². The zero-order chi connectivity index (χ0) is 53.9. The molecule has 0 spiro atoms. The number of aromatic nitrogens is 8. The van der Waals surface area contributed by atoms with Crippen LogP contribution < -0.4 is 0 Å². The lowest BCUT2D eigenvalue weighted by Crippen LogP contribution is -2.08. The predicted molar refractivity (Wildman–Crippen MR) is 311 cm³/mol. The Morgan fingerprint density at radius 1 is 0.312 bits per heavy atom. The van der Waals surface area contributed by atoms with Gasteiger partial charge in [0.05, 0.1) is 45.6 Å². The van der Waals surface area contributed by atoms with Crippen molar-refractivity contribution in [3.63, 3.8) is 0 Å². The Morgan fingerprint density at radius 3 is 1.05 bits per heavy atom. The van der Waals surface area contributed by atoms with E-state index in [0.29, 0.717) is 46.3 Å². The molecule has 0 saturated carbocycles. The van der Waals surface area contributed by atoms with Crippen molar-refractivity contribution in [2.75, 3.05) is 0 Å². The summed E-state index contributed by atoms with van der Waals surface area (Å²) in [5, 5.41) is 3.52. The summed E-state index contributed by atoms with van der Waals surface area (Å²) < 4.78 is 49.5. The molecular weight excluding hydrogens is 1000 g/mol. The Labute approximate surface area is 456 Å². The van der Waals surface area contributed by atoms with Gasteiger partial charge in [-0.15, -0.1) is 0 Å². The number of halogens is 3. The number of nitrogens with zero attached hydrogens (tertiary/aromatic N) is 9. The first-order chi connectivity index (χ1) is 39.3. The average Bonchev–Trinajstić information content (AvgIpc) is 4.13. The molecule has 0 unspecified atom stereocenters. The molecule has 0 amide bonds. The SMILES string of the molecule is [C-]#[N+]c1cc(-n2c3ccccc3c3cc(-c4nc(-c5ccccc5)nc(-c5ccccc5)n4)ccc32)c(-n2c3ccccc3c3cc(-c4nc(-c5ccccc5)nc(-c5ccccc5)n4)ccc32)cc1-c1ccccc1C(F)(F)F. The molecule has 0 bridgehead atoms. The topological polar surface area (TPSA) is 91.6 Å². The van der Waals surface area contributed by atoms with E-state index in [2.05, 4.69) is 32.2 Å². The highest BCUT2D eigenvalue weighted by Gasteiger charge is 2.34. The third-order valence-electron chi connectivity index (χ3n) is 14.5. The van der Waals surface area contributed by atoms with Crippen LogP contribution in [-0.2, 0) is 6.18 Å². The van der Waals surface area contributed by atoms with Crippen molar-refractivity contribution < 1.29 is 13.2 Å². The van der Waals surface area contributed by atoms with Gasteiger partial charge in [0.25, 0.3) is 0 Å². The number of hydrogen-bond acceptors (Lipinski definition) is 6. The van der Waals surface area contributed by atoms with Gasteiger partial charge in [-0.05, 0) is 77.9 Å². The van der Waals surface area contributed by atoms with Crippen molar-refractivity contribution in [2.24, 2.45) is 0 Å². The first-order valence-electron chi connectivity index (χ1n) is 25.8. The molecular formula is C68H40F3N9. The molecule has 0 fully saturated rings. The molecule has 14 rings (SSSR count). The summed E-state index contributed by atoms with van der Waals surface area (Å²) in [6.07, 6.45) is -4.71. The summed E-state index contributed by atoms with van der Waals surface area (Å²) in [6.45, 7) is 8.64. The minimum absolute atomic E-state index is 0.0522. The Bertz CT molecular complexity index is 4650. The van der Waals surface area contributed by atoms with Crippen molar-refractivity contribution in [3.05, 3.63) is 260 Å². The highest BCUT2D eigenvalue weighted by Crippen LogP contribution is 2.47. The quantitative estimate of drug-likeness (QED) is 0.134. The van der Waals surface area contributed by atoms with Crippen molar-refractivity contribution in [2.45, 2.75) is 6.18 Å². The molecule has 4 aromatic heterocycles. The molecule has 14 aromatic rings. The van der Waals surface area contributed by atoms with Gasteiger partial charge in [0, 0.05) is 54.9 Å². The number of hydrogen-bond donors (Lipinski definition) is 0. The van der Waals surface area contributed by atoms with Crippen LogP contribution in [0.5, 0.6) is 0 Å². The van der Waals surface area contributed by atoms with Crippen LogP contribution in [0, 0.1) is 6.57 Å². The lowest BCUT2D eigenvalue weighted by atomic mass is 9.96. The smallest absolute Gasteiger partial charge is 0.308 e. The van der Waals surface area contributed by atoms with Gasteiger partial charge in [-0.3, -0.25) is 0 Å². The number of rotatable bonds is 9. The number of benzene rings is 10. The predicted octanol–water partition coefficient (Wildman–Crippen LogP) is 17.5. The van der Waals surface area contributed by atoms with Crippen molar-refractivity contribution >= 4 is 49.3 Å². The molecule has 0 atom stereocenters. The molecule has 378 valence electrons. The standard InChI is InChI=1S/C68H40F3N9/c1-72-55-41-61(80-57-33-19-16-30-50(57)53-39-47(35-37-59(53)80)67-77-64(44-24-10-4-11-25-44)74-65(78-67)45-26-12-5-13-27-45)60(40-51(55)48-28-14-17-31-54(48)68(69,70)71)79-56-32-18-15-29-49(56)52-38-46(34-36-58(52)79)66-75-62(42-20-6-2-7-21-42)73-63(76-66)43-22-8-3-9-23-43/h2-41H. The van der Waals surface area contributed by atoms with E-state index in [1.165, 1.54) is 12.1 Å². The average molecular weight is 1040 g/mol. The molecule has 0 aliphatic carbocycles. The monoisotopic (exact) mass is 1040 g/mol. The molecule has 0 aliphatic heterocycles. The molecule has 4 heterocycles. The van der Waals surface area contributed by atoms with Gasteiger partial charge in [0.2, 0.25) is 0 Å². The molecule has 0 aliphatic rings. The first-order valence-corrected chi connectivity index (χ1v) is 25.8. The van der Waals surface area contributed by atoms with Crippen molar-refractivity contribution in [1.29, 1.82) is 0 Å². The van der Waals surface area contributed by atoms with E-state index < -0.39 is 11.7 Å². The molecule has 12 heteroatoms. The maximum absolute atomic E-state index is 15.1. The largest absolute Gasteiger partial charge is 0.416 e. The second-order valence-electron chi connectivity index (χ2n) is 19.3. The van der Waals surface area contributed by atoms with Crippen LogP contribution >= 0.6 is 0 Å². The third kappa shape index (κ3) is 8.29. The van der Waals surface area contributed by atoms with Gasteiger partial charge in [0.1, 0.15) is 0 Å². The normalized spacial score (nSPS) is 11.7. The van der Waals surface area contributed by atoms with E-state index in [9.17, 15) is 0 Å². The highest BCUT2D eigenvalue weighted by molar-refractivity contribution is 6.13. The molecule has 0 radical (unpaired) electrons. The molecule has 9 nitrogen and oxygen atoms in total. The van der Waals surface area contributed by atoms with E-state index in [1.807, 2.05) is 188 Å². The van der Waals surface area contributed by atoms with Gasteiger partial charge >= 0.3 is 6.18 Å². The minimum Gasteiger partial charge on any atom is -0.308 e. The van der Waals surface area contributed by atoms with Gasteiger partial charge in [-0.2, -0.15) is 13.2 Å². The Hall–Kier alpha value is -10.9. The van der Waals surface area contributed by atoms with Crippen LogP contribution in [0.1, 0.15) is 5.56 Å². The number of para-hydroxylation sites is 2. The van der Waals surface area contributed by atoms with E-state index in [4.69, 9.17) is 36.5 Å². The van der Waals surface area contributed by atoms with Crippen molar-refractivity contribution in [3.8, 4) is 90.8 Å². The fourth-order valence-corrected chi connectivity index (χ4v) is 10.8. The lowest BCUT2D eigenvalue weighted by molar-refractivity contribution is -0.137. The Kier molecular flexibility index (Phi) is 11.5. The fraction of sp³-hybridized carbons (Fsp3) is 0.0147. The number of fused-ring (bicyclic) bond motifs is 6. The van der Waals surface area contributed by atoms with Crippen molar-refractivity contribution in [1.82, 2.24) is 39.0 Å². The van der Waals surface area contributed by atoms with Crippen LogP contribution in [0.4, 0.5) is 18.9 Å². The van der Waals surface area contributed by atoms with Gasteiger partial charge in [-0.25, -0.2) is 34.7 Å². The van der Waals surface area contributed by atoms with Gasteiger partial charge in [0.15, 0.2) is 40.6 Å². The molecule has 10 aromatic carbocycles. The maximum Gasteiger partial charge on any atom is 0.416 e. The summed E-state index contributed by atoms with van der Waals surface area (Å²) in [7, 11) is 0. The summed E-state index contributed by atoms with van der Waals surface area (Å²) >= 11 is 0. The van der Waals surface area contributed by atoms with Crippen LogP contribution in [0.25, 0.3) is 139 Å². The first kappa shape index (κ1) is 47.5. The second kappa shape index (κ2) is 19.3. The zero-order valence-electron chi connectivity index (χ0n) is 42.3.